The molecule has 3 aromatic rings. The molecule has 4 heteroatoms. The summed E-state index contributed by atoms with van der Waals surface area (Å²) in [5, 5.41) is 6.95. The summed E-state index contributed by atoms with van der Waals surface area (Å²) >= 11 is 0. The van der Waals surface area contributed by atoms with Crippen LogP contribution < -0.4 is 10.6 Å². The van der Waals surface area contributed by atoms with Gasteiger partial charge in [-0.2, -0.15) is 0 Å². The predicted octanol–water partition coefficient (Wildman–Crippen LogP) is 4.68. The Bertz CT molecular complexity index is 921. The molecule has 4 nitrogen and oxygen atoms in total. The molecule has 1 aliphatic carbocycles. The van der Waals surface area contributed by atoms with Crippen LogP contribution in [0.2, 0.25) is 0 Å². The number of rotatable bonds is 4. The van der Waals surface area contributed by atoms with Gasteiger partial charge in [-0.05, 0) is 44.4 Å². The molecule has 0 radical (unpaired) electrons. The maximum atomic E-state index is 12.0. The zero-order chi connectivity index (χ0) is 17.4. The summed E-state index contributed by atoms with van der Waals surface area (Å²) in [6, 6.07) is 14.8. The number of hydrogen-bond acceptors (Lipinski definition) is 2. The van der Waals surface area contributed by atoms with Gasteiger partial charge in [0.05, 0.1) is 6.54 Å². The second-order valence-corrected chi connectivity index (χ2v) is 6.87. The van der Waals surface area contributed by atoms with Crippen molar-refractivity contribution in [3.63, 3.8) is 0 Å². The summed E-state index contributed by atoms with van der Waals surface area (Å²) in [7, 11) is 0. The molecule has 2 N–H and O–H groups in total. The monoisotopic (exact) mass is 334 g/mol. The number of fused-ring (bicyclic) bond motifs is 1. The highest BCUT2D eigenvalue weighted by molar-refractivity contribution is 5.96. The molecular weight excluding hydrogens is 312 g/mol. The van der Waals surface area contributed by atoms with E-state index in [9.17, 15) is 4.79 Å². The maximum absolute atomic E-state index is 12.0. The molecule has 0 atom stereocenters. The zero-order valence-electron chi connectivity index (χ0n) is 14.6. The van der Waals surface area contributed by atoms with Crippen LogP contribution in [0.4, 0.5) is 4.79 Å². The van der Waals surface area contributed by atoms with Crippen molar-refractivity contribution in [3.05, 3.63) is 59.4 Å². The van der Waals surface area contributed by atoms with Gasteiger partial charge in [0, 0.05) is 17.0 Å². The molecule has 0 unspecified atom stereocenters. The molecule has 1 fully saturated rings. The van der Waals surface area contributed by atoms with Crippen molar-refractivity contribution in [2.75, 3.05) is 0 Å². The van der Waals surface area contributed by atoms with Crippen LogP contribution in [0.3, 0.4) is 0 Å². The third-order valence-electron chi connectivity index (χ3n) is 4.58. The van der Waals surface area contributed by atoms with Crippen LogP contribution in [-0.2, 0) is 6.54 Å². The fourth-order valence-electron chi connectivity index (χ4n) is 3.05. The van der Waals surface area contributed by atoms with Gasteiger partial charge in [-0.25, -0.2) is 4.79 Å². The normalized spacial score (nSPS) is 13.8. The Balaban J connectivity index is 1.70. The van der Waals surface area contributed by atoms with Crippen LogP contribution in [0.1, 0.15) is 29.7 Å². The van der Waals surface area contributed by atoms with E-state index in [4.69, 9.17) is 4.42 Å². The molecule has 4 rings (SSSR count). The van der Waals surface area contributed by atoms with Crippen LogP contribution in [0.5, 0.6) is 0 Å². The lowest BCUT2D eigenvalue weighted by atomic mass is 10.00. The van der Waals surface area contributed by atoms with E-state index >= 15 is 0 Å². The first-order valence-electron chi connectivity index (χ1n) is 8.73. The van der Waals surface area contributed by atoms with E-state index in [1.54, 1.807) is 0 Å². The quantitative estimate of drug-likeness (QED) is 0.728. The van der Waals surface area contributed by atoms with E-state index in [1.807, 2.05) is 12.1 Å². The fourth-order valence-corrected chi connectivity index (χ4v) is 3.05. The zero-order valence-corrected chi connectivity index (χ0v) is 14.6. The fraction of sp³-hybridized carbons (Fsp3) is 0.286. The average molecular weight is 334 g/mol. The highest BCUT2D eigenvalue weighted by atomic mass is 16.3. The van der Waals surface area contributed by atoms with Crippen molar-refractivity contribution in [2.45, 2.75) is 39.3 Å². The van der Waals surface area contributed by atoms with Gasteiger partial charge >= 0.3 is 6.03 Å². The maximum Gasteiger partial charge on any atom is 0.315 e. The molecule has 1 heterocycles. The van der Waals surface area contributed by atoms with Crippen molar-refractivity contribution in [1.29, 1.82) is 0 Å². The van der Waals surface area contributed by atoms with E-state index < -0.39 is 0 Å². The number of carbonyl (C=O) groups excluding carboxylic acids is 1. The van der Waals surface area contributed by atoms with Crippen LogP contribution >= 0.6 is 0 Å². The molecule has 0 bridgehead atoms. The molecule has 2 aromatic carbocycles. The molecule has 0 saturated heterocycles. The Morgan fingerprint density at radius 2 is 1.80 bits per heavy atom. The molecule has 0 spiro atoms. The summed E-state index contributed by atoms with van der Waals surface area (Å²) in [5.41, 5.74) is 5.42. The van der Waals surface area contributed by atoms with Crippen molar-refractivity contribution < 1.29 is 9.21 Å². The Hall–Kier alpha value is -2.75. The third kappa shape index (κ3) is 3.38. The highest BCUT2D eigenvalue weighted by Gasteiger charge is 2.23. The minimum Gasteiger partial charge on any atom is -0.459 e. The van der Waals surface area contributed by atoms with Gasteiger partial charge in [-0.1, -0.05) is 41.5 Å². The topological polar surface area (TPSA) is 54.3 Å². The van der Waals surface area contributed by atoms with Crippen LogP contribution in [0.25, 0.3) is 22.1 Å². The Morgan fingerprint density at radius 1 is 1.08 bits per heavy atom. The Morgan fingerprint density at radius 3 is 2.52 bits per heavy atom. The van der Waals surface area contributed by atoms with Gasteiger partial charge < -0.3 is 15.1 Å². The number of furan rings is 1. The van der Waals surface area contributed by atoms with Gasteiger partial charge in [0.15, 0.2) is 0 Å². The first-order valence-corrected chi connectivity index (χ1v) is 8.73. The summed E-state index contributed by atoms with van der Waals surface area (Å²) in [4.78, 5) is 12.0. The lowest BCUT2D eigenvalue weighted by Crippen LogP contribution is -2.36. The van der Waals surface area contributed by atoms with Crippen LogP contribution in [0.15, 0.2) is 46.9 Å². The van der Waals surface area contributed by atoms with E-state index in [1.165, 1.54) is 11.1 Å². The van der Waals surface area contributed by atoms with E-state index in [-0.39, 0.29) is 6.03 Å². The second kappa shape index (κ2) is 6.28. The Labute approximate surface area is 147 Å². The van der Waals surface area contributed by atoms with E-state index in [2.05, 4.69) is 54.8 Å². The van der Waals surface area contributed by atoms with Crippen LogP contribution in [0, 0.1) is 13.8 Å². The van der Waals surface area contributed by atoms with Crippen molar-refractivity contribution in [2.24, 2.45) is 0 Å². The molecule has 1 aliphatic rings. The number of amides is 2. The van der Waals surface area contributed by atoms with Crippen LogP contribution in [-0.4, -0.2) is 12.1 Å². The number of urea groups is 1. The summed E-state index contributed by atoms with van der Waals surface area (Å²) < 4.78 is 6.07. The van der Waals surface area contributed by atoms with Gasteiger partial charge in [0.25, 0.3) is 0 Å². The predicted molar refractivity (Wildman–Crippen MR) is 99.5 cm³/mol. The number of aryl methyl sites for hydroxylation is 2. The molecule has 2 amide bonds. The second-order valence-electron chi connectivity index (χ2n) is 6.87. The lowest BCUT2D eigenvalue weighted by Gasteiger charge is -2.07. The highest BCUT2D eigenvalue weighted by Crippen LogP contribution is 2.35. The molecule has 1 saturated carbocycles. The Kier molecular flexibility index (Phi) is 3.96. The average Bonchev–Trinajstić information content (AvgIpc) is 3.33. The standard InChI is InChI=1S/C21H22N2O2/c1-13-3-6-15(7-4-13)20-17-11-14(2)5-10-18(17)25-19(20)12-22-21(24)23-16-8-9-16/h3-7,10-11,16H,8-9,12H2,1-2H3,(H2,22,23,24). The summed E-state index contributed by atoms with van der Waals surface area (Å²) in [6.45, 7) is 4.52. The van der Waals surface area contributed by atoms with Crippen molar-refractivity contribution in [1.82, 2.24) is 10.6 Å². The largest absolute Gasteiger partial charge is 0.459 e. The van der Waals surface area contributed by atoms with Gasteiger partial charge in [-0.15, -0.1) is 0 Å². The molecule has 0 aliphatic heterocycles. The first-order chi connectivity index (χ1) is 12.1. The number of nitrogens with one attached hydrogen (secondary N) is 2. The summed E-state index contributed by atoms with van der Waals surface area (Å²) in [5.74, 6) is 0.787. The van der Waals surface area contributed by atoms with Crippen molar-refractivity contribution in [3.8, 4) is 11.1 Å². The minimum atomic E-state index is -0.131. The molecule has 25 heavy (non-hydrogen) atoms. The van der Waals surface area contributed by atoms with Gasteiger partial charge in [0.1, 0.15) is 11.3 Å². The van der Waals surface area contributed by atoms with Gasteiger partial charge in [0.2, 0.25) is 0 Å². The number of carbonyl (C=O) groups is 1. The minimum absolute atomic E-state index is 0.131. The number of benzene rings is 2. The van der Waals surface area contributed by atoms with E-state index in [0.29, 0.717) is 12.6 Å². The SMILES string of the molecule is Cc1ccc(-c2c(CNC(=O)NC3CC3)oc3ccc(C)cc23)cc1. The van der Waals surface area contributed by atoms with Gasteiger partial charge in [-0.3, -0.25) is 0 Å². The number of hydrogen-bond donors (Lipinski definition) is 2. The summed E-state index contributed by atoms with van der Waals surface area (Å²) in [6.07, 6.45) is 2.15. The molecular formula is C21H22N2O2. The molecule has 1 aromatic heterocycles. The first kappa shape index (κ1) is 15.8. The third-order valence-corrected chi connectivity index (χ3v) is 4.58. The molecule has 128 valence electrons. The lowest BCUT2D eigenvalue weighted by molar-refractivity contribution is 0.239. The van der Waals surface area contributed by atoms with E-state index in [0.717, 1.165) is 40.7 Å². The smallest absolute Gasteiger partial charge is 0.315 e. The van der Waals surface area contributed by atoms with Crippen molar-refractivity contribution >= 4 is 17.0 Å².